The van der Waals surface area contributed by atoms with Crippen LogP contribution in [0.5, 0.6) is 0 Å². The van der Waals surface area contributed by atoms with Gasteiger partial charge in [0.1, 0.15) is 4.99 Å². The number of allylic oxidation sites excluding steroid dienone is 1. The van der Waals surface area contributed by atoms with Crippen LogP contribution in [0.25, 0.3) is 0 Å². The van der Waals surface area contributed by atoms with Crippen LogP contribution in [0, 0.1) is 0 Å². The van der Waals surface area contributed by atoms with E-state index in [0.717, 1.165) is 6.42 Å². The van der Waals surface area contributed by atoms with Crippen LogP contribution in [0.2, 0.25) is 0 Å². The second-order valence-corrected chi connectivity index (χ2v) is 2.50. The number of thiocarbonyl (C=S) groups is 1. The maximum Gasteiger partial charge on any atom is 0.102 e. The first-order valence-electron chi connectivity index (χ1n) is 3.29. The molecule has 0 spiro atoms. The first-order chi connectivity index (χ1) is 4.70. The Balaban J connectivity index is 3.71. The molecule has 1 N–H and O–H groups in total. The minimum Gasteiger partial charge on any atom is -0.353 e. The topological polar surface area (TPSA) is 12.0 Å². The maximum absolute atomic E-state index is 4.85. The summed E-state index contributed by atoms with van der Waals surface area (Å²) in [4.78, 5) is 0.674. The largest absolute Gasteiger partial charge is 0.353 e. The summed E-state index contributed by atoms with van der Waals surface area (Å²) < 4.78 is 0. The lowest BCUT2D eigenvalue weighted by Crippen LogP contribution is -2.11. The molecular formula is C8H13NS. The van der Waals surface area contributed by atoms with Crippen molar-refractivity contribution in [2.45, 2.75) is 20.3 Å². The van der Waals surface area contributed by atoms with Gasteiger partial charge >= 0.3 is 0 Å². The average molecular weight is 155 g/mol. The normalized spacial score (nSPS) is 10.8. The van der Waals surface area contributed by atoms with Crippen molar-refractivity contribution in [3.8, 4) is 0 Å². The second kappa shape index (κ2) is 5.18. The zero-order chi connectivity index (χ0) is 7.98. The van der Waals surface area contributed by atoms with Crippen LogP contribution in [0.15, 0.2) is 24.4 Å². The Morgan fingerprint density at radius 3 is 2.70 bits per heavy atom. The van der Waals surface area contributed by atoms with Gasteiger partial charge in [-0.25, -0.2) is 0 Å². The molecule has 0 saturated heterocycles. The van der Waals surface area contributed by atoms with E-state index in [1.807, 2.05) is 6.20 Å². The first-order valence-corrected chi connectivity index (χ1v) is 3.70. The lowest BCUT2D eigenvalue weighted by Gasteiger charge is -1.97. The monoisotopic (exact) mass is 155 g/mol. The molecular weight excluding hydrogens is 142 g/mol. The Labute approximate surface area is 67.8 Å². The molecule has 0 fully saturated rings. The van der Waals surface area contributed by atoms with Gasteiger partial charge < -0.3 is 5.32 Å². The van der Waals surface area contributed by atoms with Crippen molar-refractivity contribution in [2.24, 2.45) is 0 Å². The fourth-order valence-corrected chi connectivity index (χ4v) is 0.414. The fraction of sp³-hybridized carbons (Fsp3) is 0.375. The summed E-state index contributed by atoms with van der Waals surface area (Å²) in [5.41, 5.74) is 1.28. The summed E-state index contributed by atoms with van der Waals surface area (Å²) in [5, 5.41) is 2.93. The lowest BCUT2D eigenvalue weighted by atomic mass is 10.3. The first kappa shape index (κ1) is 9.37. The van der Waals surface area contributed by atoms with E-state index < -0.39 is 0 Å². The third-order valence-electron chi connectivity index (χ3n) is 1.20. The zero-order valence-electron chi connectivity index (χ0n) is 6.48. The Kier molecular flexibility index (Phi) is 4.85. The molecule has 0 aliphatic rings. The van der Waals surface area contributed by atoms with Crippen LogP contribution in [0.1, 0.15) is 20.3 Å². The van der Waals surface area contributed by atoms with Crippen LogP contribution in [-0.4, -0.2) is 4.99 Å². The van der Waals surface area contributed by atoms with Gasteiger partial charge in [-0.05, 0) is 19.4 Å². The van der Waals surface area contributed by atoms with Crippen LogP contribution < -0.4 is 5.32 Å². The quantitative estimate of drug-likeness (QED) is 0.496. The molecule has 0 aliphatic heterocycles. The Bertz CT molecular complexity index is 159. The molecule has 0 atom stereocenters. The predicted molar refractivity (Wildman–Crippen MR) is 50.0 cm³/mol. The smallest absolute Gasteiger partial charge is 0.102 e. The molecule has 0 aromatic heterocycles. The Morgan fingerprint density at radius 2 is 2.30 bits per heavy atom. The highest BCUT2D eigenvalue weighted by Crippen LogP contribution is 1.94. The van der Waals surface area contributed by atoms with Crippen molar-refractivity contribution in [2.75, 3.05) is 0 Å². The number of nitrogens with one attached hydrogen (secondary N) is 1. The Hall–Kier alpha value is -0.630. The molecule has 0 saturated carbocycles. The molecule has 0 aromatic carbocycles. The molecule has 1 nitrogen and oxygen atoms in total. The van der Waals surface area contributed by atoms with Crippen LogP contribution in [0.4, 0.5) is 0 Å². The summed E-state index contributed by atoms with van der Waals surface area (Å²) in [6.45, 7) is 7.69. The van der Waals surface area contributed by atoms with Gasteiger partial charge in [0.05, 0.1) is 0 Å². The summed E-state index contributed by atoms with van der Waals surface area (Å²) in [6.07, 6.45) is 4.57. The van der Waals surface area contributed by atoms with Crippen LogP contribution >= 0.6 is 12.2 Å². The number of hydrogen-bond acceptors (Lipinski definition) is 1. The van der Waals surface area contributed by atoms with Crippen LogP contribution in [0.3, 0.4) is 0 Å². The summed E-state index contributed by atoms with van der Waals surface area (Å²) >= 11 is 4.85. The average Bonchev–Trinajstić information content (AvgIpc) is 1.99. The van der Waals surface area contributed by atoms with E-state index >= 15 is 0 Å². The molecule has 0 amide bonds. The fourth-order valence-electron chi connectivity index (χ4n) is 0.355. The van der Waals surface area contributed by atoms with Gasteiger partial charge in [-0.1, -0.05) is 31.3 Å². The van der Waals surface area contributed by atoms with Gasteiger partial charge in [-0.15, -0.1) is 0 Å². The van der Waals surface area contributed by atoms with Crippen molar-refractivity contribution < 1.29 is 0 Å². The standard InChI is InChI=1S/C8H13NS/c1-4-7(3)6-9-8(10)5-2/h5-6H,2,4H2,1,3H3,(H,9,10)/b7-6+. The Morgan fingerprint density at radius 1 is 1.70 bits per heavy atom. The van der Waals surface area contributed by atoms with E-state index in [0.29, 0.717) is 4.99 Å². The van der Waals surface area contributed by atoms with Gasteiger partial charge in [0.25, 0.3) is 0 Å². The van der Waals surface area contributed by atoms with Crippen LogP contribution in [-0.2, 0) is 0 Å². The highest BCUT2D eigenvalue weighted by atomic mass is 32.1. The second-order valence-electron chi connectivity index (χ2n) is 2.06. The molecule has 10 heavy (non-hydrogen) atoms. The predicted octanol–water partition coefficient (Wildman–Crippen LogP) is 2.40. The molecule has 0 unspecified atom stereocenters. The number of rotatable bonds is 3. The van der Waals surface area contributed by atoms with Gasteiger partial charge in [0, 0.05) is 6.20 Å². The van der Waals surface area contributed by atoms with E-state index in [1.54, 1.807) is 6.08 Å². The van der Waals surface area contributed by atoms with Crippen molar-refractivity contribution in [3.63, 3.8) is 0 Å². The van der Waals surface area contributed by atoms with Gasteiger partial charge in [-0.3, -0.25) is 0 Å². The molecule has 0 bridgehead atoms. The van der Waals surface area contributed by atoms with E-state index in [-0.39, 0.29) is 0 Å². The molecule has 0 heterocycles. The van der Waals surface area contributed by atoms with E-state index in [2.05, 4.69) is 25.7 Å². The molecule has 2 heteroatoms. The van der Waals surface area contributed by atoms with E-state index in [9.17, 15) is 0 Å². The zero-order valence-corrected chi connectivity index (χ0v) is 7.29. The third kappa shape index (κ3) is 4.27. The maximum atomic E-state index is 4.85. The third-order valence-corrected chi connectivity index (χ3v) is 1.49. The minimum absolute atomic E-state index is 0.674. The van der Waals surface area contributed by atoms with Gasteiger partial charge in [-0.2, -0.15) is 0 Å². The highest BCUT2D eigenvalue weighted by Gasteiger charge is 1.84. The molecule has 0 aromatic rings. The molecule has 56 valence electrons. The van der Waals surface area contributed by atoms with E-state index in [4.69, 9.17) is 12.2 Å². The summed E-state index contributed by atoms with van der Waals surface area (Å²) in [5.74, 6) is 0. The van der Waals surface area contributed by atoms with E-state index in [1.165, 1.54) is 5.57 Å². The summed E-state index contributed by atoms with van der Waals surface area (Å²) in [6, 6.07) is 0. The van der Waals surface area contributed by atoms with Gasteiger partial charge in [0.15, 0.2) is 0 Å². The molecule has 0 aliphatic carbocycles. The molecule has 0 rings (SSSR count). The SMILES string of the molecule is C=CC(=S)N/C=C(\C)CC. The van der Waals surface area contributed by atoms with Crippen molar-refractivity contribution in [1.29, 1.82) is 0 Å². The van der Waals surface area contributed by atoms with Crippen molar-refractivity contribution in [1.82, 2.24) is 5.32 Å². The highest BCUT2D eigenvalue weighted by molar-refractivity contribution is 7.80. The van der Waals surface area contributed by atoms with Gasteiger partial charge in [0.2, 0.25) is 0 Å². The van der Waals surface area contributed by atoms with Crippen molar-refractivity contribution >= 4 is 17.2 Å². The van der Waals surface area contributed by atoms with Crippen molar-refractivity contribution in [3.05, 3.63) is 24.4 Å². The summed E-state index contributed by atoms with van der Waals surface area (Å²) in [7, 11) is 0. The lowest BCUT2D eigenvalue weighted by molar-refractivity contribution is 1.07. The number of hydrogen-bond donors (Lipinski definition) is 1. The minimum atomic E-state index is 0.674. The molecule has 0 radical (unpaired) electrons.